The standard InChI is InChI=1S/C16H20N4O2/c1-10(2)13(21)18-12-6-4-11(5-7-12)14-19-15(20-22-14)16(17)8-3-9-16/h4-7,10H,3,8-9,17H2,1-2H3,(H,18,21). The predicted molar refractivity (Wildman–Crippen MR) is 82.9 cm³/mol. The number of anilines is 1. The van der Waals surface area contributed by atoms with Crippen LogP contribution >= 0.6 is 0 Å². The van der Waals surface area contributed by atoms with Crippen molar-refractivity contribution in [3.63, 3.8) is 0 Å². The molecule has 6 nitrogen and oxygen atoms in total. The minimum Gasteiger partial charge on any atom is -0.334 e. The first-order valence-electron chi connectivity index (χ1n) is 7.52. The summed E-state index contributed by atoms with van der Waals surface area (Å²) in [4.78, 5) is 16.1. The Hall–Kier alpha value is -2.21. The molecular weight excluding hydrogens is 280 g/mol. The van der Waals surface area contributed by atoms with Gasteiger partial charge in [0.05, 0.1) is 5.54 Å². The van der Waals surface area contributed by atoms with E-state index < -0.39 is 5.54 Å². The van der Waals surface area contributed by atoms with E-state index >= 15 is 0 Å². The molecule has 0 spiro atoms. The predicted octanol–water partition coefficient (Wildman–Crippen LogP) is 2.67. The number of aromatic nitrogens is 2. The largest absolute Gasteiger partial charge is 0.334 e. The van der Waals surface area contributed by atoms with E-state index in [1.165, 1.54) is 0 Å². The van der Waals surface area contributed by atoms with Crippen molar-refractivity contribution in [3.05, 3.63) is 30.1 Å². The average molecular weight is 300 g/mol. The molecule has 1 aliphatic rings. The second kappa shape index (κ2) is 5.53. The van der Waals surface area contributed by atoms with Gasteiger partial charge in [-0.05, 0) is 43.5 Å². The Bertz CT molecular complexity index is 672. The molecule has 3 N–H and O–H groups in total. The summed E-state index contributed by atoms with van der Waals surface area (Å²) in [6.45, 7) is 3.71. The van der Waals surface area contributed by atoms with Crippen LogP contribution in [0.25, 0.3) is 11.5 Å². The Morgan fingerprint density at radius 2 is 2.00 bits per heavy atom. The van der Waals surface area contributed by atoms with Gasteiger partial charge in [-0.1, -0.05) is 19.0 Å². The molecule has 0 aliphatic heterocycles. The normalized spacial score (nSPS) is 16.4. The van der Waals surface area contributed by atoms with E-state index in [1.807, 2.05) is 38.1 Å². The summed E-state index contributed by atoms with van der Waals surface area (Å²) in [7, 11) is 0. The highest BCUT2D eigenvalue weighted by molar-refractivity contribution is 5.92. The van der Waals surface area contributed by atoms with Crippen LogP contribution in [-0.4, -0.2) is 16.0 Å². The van der Waals surface area contributed by atoms with Gasteiger partial charge in [0.1, 0.15) is 0 Å². The zero-order valence-electron chi connectivity index (χ0n) is 12.8. The van der Waals surface area contributed by atoms with Crippen LogP contribution in [0.5, 0.6) is 0 Å². The number of nitrogens with zero attached hydrogens (tertiary/aromatic N) is 2. The SMILES string of the molecule is CC(C)C(=O)Nc1ccc(-c2nc(C3(N)CCC3)no2)cc1. The Kier molecular flexibility index (Phi) is 3.70. The smallest absolute Gasteiger partial charge is 0.257 e. The highest BCUT2D eigenvalue weighted by atomic mass is 16.5. The second-order valence-electron chi connectivity index (χ2n) is 6.15. The molecule has 3 rings (SSSR count). The number of nitrogens with one attached hydrogen (secondary N) is 1. The van der Waals surface area contributed by atoms with E-state index in [1.54, 1.807) is 0 Å². The number of carbonyl (C=O) groups is 1. The molecule has 22 heavy (non-hydrogen) atoms. The van der Waals surface area contributed by atoms with E-state index in [-0.39, 0.29) is 11.8 Å². The number of hydrogen-bond donors (Lipinski definition) is 2. The van der Waals surface area contributed by atoms with E-state index in [0.717, 1.165) is 30.5 Å². The summed E-state index contributed by atoms with van der Waals surface area (Å²) in [5, 5.41) is 6.84. The first-order valence-corrected chi connectivity index (χ1v) is 7.52. The molecule has 6 heteroatoms. The Morgan fingerprint density at radius 1 is 1.32 bits per heavy atom. The van der Waals surface area contributed by atoms with Crippen LogP contribution in [-0.2, 0) is 10.3 Å². The maximum atomic E-state index is 11.7. The number of amides is 1. The van der Waals surface area contributed by atoms with Crippen LogP contribution in [0.4, 0.5) is 5.69 Å². The number of carbonyl (C=O) groups excluding carboxylic acids is 1. The fourth-order valence-electron chi connectivity index (χ4n) is 2.31. The summed E-state index contributed by atoms with van der Waals surface area (Å²) in [6, 6.07) is 7.33. The zero-order chi connectivity index (χ0) is 15.7. The van der Waals surface area contributed by atoms with Crippen LogP contribution in [0, 0.1) is 5.92 Å². The monoisotopic (exact) mass is 300 g/mol. The molecule has 1 aromatic carbocycles. The fraction of sp³-hybridized carbons (Fsp3) is 0.438. The molecule has 1 aliphatic carbocycles. The maximum Gasteiger partial charge on any atom is 0.257 e. The summed E-state index contributed by atoms with van der Waals surface area (Å²) in [5.41, 5.74) is 7.32. The third-order valence-corrected chi connectivity index (χ3v) is 4.04. The highest BCUT2D eigenvalue weighted by Gasteiger charge is 2.39. The van der Waals surface area contributed by atoms with E-state index in [0.29, 0.717) is 11.7 Å². The van der Waals surface area contributed by atoms with Gasteiger partial charge in [-0.15, -0.1) is 0 Å². The lowest BCUT2D eigenvalue weighted by Gasteiger charge is -2.34. The van der Waals surface area contributed by atoms with Gasteiger partial charge in [0.2, 0.25) is 5.91 Å². The summed E-state index contributed by atoms with van der Waals surface area (Å²) in [6.07, 6.45) is 2.89. The van der Waals surface area contributed by atoms with Crippen molar-refractivity contribution in [1.29, 1.82) is 0 Å². The number of hydrogen-bond acceptors (Lipinski definition) is 5. The molecule has 1 saturated carbocycles. The van der Waals surface area contributed by atoms with Gasteiger partial charge in [0.25, 0.3) is 5.89 Å². The van der Waals surface area contributed by atoms with Crippen molar-refractivity contribution in [1.82, 2.24) is 10.1 Å². The van der Waals surface area contributed by atoms with Crippen molar-refractivity contribution >= 4 is 11.6 Å². The van der Waals surface area contributed by atoms with Crippen molar-refractivity contribution in [2.24, 2.45) is 11.7 Å². The molecule has 0 saturated heterocycles. The molecule has 1 fully saturated rings. The molecule has 2 aromatic rings. The highest BCUT2D eigenvalue weighted by Crippen LogP contribution is 2.37. The lowest BCUT2D eigenvalue weighted by molar-refractivity contribution is -0.118. The van der Waals surface area contributed by atoms with Gasteiger partial charge in [0.15, 0.2) is 5.82 Å². The van der Waals surface area contributed by atoms with Gasteiger partial charge in [0, 0.05) is 17.2 Å². The van der Waals surface area contributed by atoms with Gasteiger partial charge in [-0.2, -0.15) is 4.98 Å². The number of rotatable bonds is 4. The van der Waals surface area contributed by atoms with Gasteiger partial charge < -0.3 is 15.6 Å². The molecule has 0 unspecified atom stereocenters. The average Bonchev–Trinajstić information content (AvgIpc) is 2.95. The van der Waals surface area contributed by atoms with Crippen molar-refractivity contribution in [2.75, 3.05) is 5.32 Å². The maximum absolute atomic E-state index is 11.7. The Balaban J connectivity index is 1.74. The minimum absolute atomic E-state index is 0.0112. The van der Waals surface area contributed by atoms with Crippen molar-refractivity contribution < 1.29 is 9.32 Å². The third-order valence-electron chi connectivity index (χ3n) is 4.04. The molecule has 1 heterocycles. The molecule has 116 valence electrons. The van der Waals surface area contributed by atoms with Gasteiger partial charge in [-0.3, -0.25) is 4.79 Å². The minimum atomic E-state index is -0.424. The number of nitrogens with two attached hydrogens (primary N) is 1. The lowest BCUT2D eigenvalue weighted by atomic mass is 9.77. The van der Waals surface area contributed by atoms with Crippen LogP contribution in [0.1, 0.15) is 38.9 Å². The second-order valence-corrected chi connectivity index (χ2v) is 6.15. The molecule has 1 amide bonds. The molecule has 0 atom stereocenters. The van der Waals surface area contributed by atoms with Crippen LogP contribution in [0.15, 0.2) is 28.8 Å². The lowest BCUT2D eigenvalue weighted by Crippen LogP contribution is -2.44. The Labute approximate surface area is 129 Å². The summed E-state index contributed by atoms with van der Waals surface area (Å²) >= 11 is 0. The van der Waals surface area contributed by atoms with E-state index in [4.69, 9.17) is 10.3 Å². The third kappa shape index (κ3) is 2.74. The van der Waals surface area contributed by atoms with Crippen molar-refractivity contribution in [2.45, 2.75) is 38.6 Å². The van der Waals surface area contributed by atoms with Crippen LogP contribution < -0.4 is 11.1 Å². The molecule has 1 aromatic heterocycles. The summed E-state index contributed by atoms with van der Waals surface area (Å²) in [5.74, 6) is 0.962. The molecule has 0 radical (unpaired) electrons. The van der Waals surface area contributed by atoms with E-state index in [2.05, 4.69) is 15.5 Å². The molecule has 0 bridgehead atoms. The first kappa shape index (κ1) is 14.7. The van der Waals surface area contributed by atoms with Crippen molar-refractivity contribution in [3.8, 4) is 11.5 Å². The summed E-state index contributed by atoms with van der Waals surface area (Å²) < 4.78 is 5.30. The number of benzene rings is 1. The van der Waals surface area contributed by atoms with Crippen LogP contribution in [0.3, 0.4) is 0 Å². The molecular formula is C16H20N4O2. The first-order chi connectivity index (χ1) is 10.5. The quantitative estimate of drug-likeness (QED) is 0.905. The van der Waals surface area contributed by atoms with Gasteiger partial charge >= 0.3 is 0 Å². The Morgan fingerprint density at radius 3 is 2.55 bits per heavy atom. The van der Waals surface area contributed by atoms with Crippen LogP contribution in [0.2, 0.25) is 0 Å². The fourth-order valence-corrected chi connectivity index (χ4v) is 2.31. The van der Waals surface area contributed by atoms with E-state index in [9.17, 15) is 4.79 Å². The zero-order valence-corrected chi connectivity index (χ0v) is 12.8. The van der Waals surface area contributed by atoms with Gasteiger partial charge in [-0.25, -0.2) is 0 Å². The topological polar surface area (TPSA) is 94.0 Å².